The van der Waals surface area contributed by atoms with Crippen LogP contribution in [0.3, 0.4) is 0 Å². The molecule has 1 N–H and O–H groups in total. The first-order valence-corrected chi connectivity index (χ1v) is 13.1. The lowest BCUT2D eigenvalue weighted by Crippen LogP contribution is -2.37. The zero-order valence-corrected chi connectivity index (χ0v) is 22.7. The topological polar surface area (TPSA) is 90.6 Å². The molecule has 0 radical (unpaired) electrons. The van der Waals surface area contributed by atoms with Crippen LogP contribution in [0.5, 0.6) is 11.5 Å². The van der Waals surface area contributed by atoms with Crippen LogP contribution in [0, 0.1) is 25.7 Å². The number of imidazole rings is 1. The summed E-state index contributed by atoms with van der Waals surface area (Å²) in [5.41, 5.74) is 5.22. The third-order valence-corrected chi connectivity index (χ3v) is 7.22. The van der Waals surface area contributed by atoms with E-state index in [0.717, 1.165) is 40.2 Å². The van der Waals surface area contributed by atoms with Crippen molar-refractivity contribution in [1.29, 1.82) is 0 Å². The van der Waals surface area contributed by atoms with Crippen LogP contribution in [0.4, 0.5) is 24.7 Å². The van der Waals surface area contributed by atoms with Crippen molar-refractivity contribution in [1.82, 2.24) is 29.5 Å². The SMILES string of the molecule is CCC1CCC1C(F)(F)F.Cc1ncc2ncnc(Nc3ccc(Oc4ccc5c(c4)ncn5C)c(C)c3)c2n1. The predicted octanol–water partition coefficient (Wildman–Crippen LogP) is 7.44. The van der Waals surface area contributed by atoms with Gasteiger partial charge in [0.05, 0.1) is 29.5 Å². The summed E-state index contributed by atoms with van der Waals surface area (Å²) in [6.45, 7) is 5.67. The molecule has 1 aliphatic rings. The number of aryl methyl sites for hydroxylation is 3. The molecule has 0 saturated heterocycles. The zero-order valence-electron chi connectivity index (χ0n) is 22.7. The third kappa shape index (κ3) is 5.83. The second-order valence-corrected chi connectivity index (χ2v) is 9.98. The van der Waals surface area contributed by atoms with Crippen molar-refractivity contribution >= 4 is 33.6 Å². The number of rotatable bonds is 5. The van der Waals surface area contributed by atoms with Crippen LogP contribution in [0.1, 0.15) is 37.6 Å². The Morgan fingerprint density at radius 1 is 1.00 bits per heavy atom. The Morgan fingerprint density at radius 3 is 2.50 bits per heavy atom. The molecule has 0 bridgehead atoms. The Bertz CT molecular complexity index is 1650. The van der Waals surface area contributed by atoms with E-state index in [1.807, 2.05) is 68.8 Å². The highest BCUT2D eigenvalue weighted by Crippen LogP contribution is 2.46. The molecule has 0 spiro atoms. The van der Waals surface area contributed by atoms with Gasteiger partial charge in [-0.15, -0.1) is 0 Å². The largest absolute Gasteiger partial charge is 0.457 e. The van der Waals surface area contributed by atoms with Gasteiger partial charge in [0.1, 0.15) is 34.7 Å². The Balaban J connectivity index is 0.000000274. The number of hydrogen-bond donors (Lipinski definition) is 1. The van der Waals surface area contributed by atoms with Gasteiger partial charge in [-0.2, -0.15) is 13.2 Å². The fraction of sp³-hybridized carbons (Fsp3) is 0.345. The van der Waals surface area contributed by atoms with Crippen molar-refractivity contribution in [2.45, 2.75) is 46.2 Å². The molecule has 1 aliphatic carbocycles. The van der Waals surface area contributed by atoms with Crippen LogP contribution in [0.15, 0.2) is 55.2 Å². The highest BCUT2D eigenvalue weighted by molar-refractivity contribution is 5.86. The molecule has 6 rings (SSSR count). The lowest BCUT2D eigenvalue weighted by atomic mass is 9.72. The van der Waals surface area contributed by atoms with Crippen molar-refractivity contribution in [3.8, 4) is 11.5 Å². The fourth-order valence-electron chi connectivity index (χ4n) is 4.81. The van der Waals surface area contributed by atoms with Gasteiger partial charge < -0.3 is 14.6 Å². The van der Waals surface area contributed by atoms with E-state index in [9.17, 15) is 13.2 Å². The molecule has 2 atom stereocenters. The second-order valence-electron chi connectivity index (χ2n) is 9.98. The molecule has 0 amide bonds. The van der Waals surface area contributed by atoms with E-state index in [2.05, 4.69) is 30.2 Å². The molecule has 8 nitrogen and oxygen atoms in total. The molecule has 0 aliphatic heterocycles. The minimum atomic E-state index is -3.93. The maximum Gasteiger partial charge on any atom is 0.392 e. The maximum absolute atomic E-state index is 11.9. The zero-order chi connectivity index (χ0) is 28.4. The van der Waals surface area contributed by atoms with Gasteiger partial charge in [0.15, 0.2) is 5.82 Å². The van der Waals surface area contributed by atoms with Crippen molar-refractivity contribution in [3.05, 3.63) is 66.6 Å². The van der Waals surface area contributed by atoms with Crippen LogP contribution >= 0.6 is 0 Å². The number of alkyl halides is 3. The van der Waals surface area contributed by atoms with Crippen LogP contribution in [0.2, 0.25) is 0 Å². The Kier molecular flexibility index (Phi) is 7.55. The molecule has 3 aromatic heterocycles. The normalized spacial score (nSPS) is 16.8. The summed E-state index contributed by atoms with van der Waals surface area (Å²) in [6.07, 6.45) is 2.85. The third-order valence-electron chi connectivity index (χ3n) is 7.22. The molecule has 40 heavy (non-hydrogen) atoms. The van der Waals surface area contributed by atoms with Crippen molar-refractivity contribution in [2.75, 3.05) is 5.32 Å². The van der Waals surface area contributed by atoms with Crippen LogP contribution < -0.4 is 10.1 Å². The predicted molar refractivity (Wildman–Crippen MR) is 148 cm³/mol. The first-order chi connectivity index (χ1) is 19.1. The van der Waals surface area contributed by atoms with E-state index in [0.29, 0.717) is 35.5 Å². The van der Waals surface area contributed by atoms with Crippen molar-refractivity contribution in [3.63, 3.8) is 0 Å². The lowest BCUT2D eigenvalue weighted by Gasteiger charge is -2.37. The van der Waals surface area contributed by atoms with Gasteiger partial charge in [-0.25, -0.2) is 24.9 Å². The number of nitrogens with zero attached hydrogens (tertiary/aromatic N) is 6. The number of ether oxygens (including phenoxy) is 1. The summed E-state index contributed by atoms with van der Waals surface area (Å²) in [6, 6.07) is 11.8. The summed E-state index contributed by atoms with van der Waals surface area (Å²) < 4.78 is 43.9. The van der Waals surface area contributed by atoms with E-state index in [-0.39, 0.29) is 5.92 Å². The Hall–Kier alpha value is -4.28. The van der Waals surface area contributed by atoms with Gasteiger partial charge in [0.2, 0.25) is 0 Å². The smallest absolute Gasteiger partial charge is 0.392 e. The molecule has 11 heteroatoms. The molecular weight excluding hydrogens is 519 g/mol. The van der Waals surface area contributed by atoms with E-state index in [1.165, 1.54) is 6.33 Å². The number of aromatic nitrogens is 6. The standard InChI is InChI=1S/C22H19N7O.C7H11F3/c1-13-8-15(28-22-21-18(24-11-25-22)10-23-14(2)27-21)4-7-20(13)30-16-5-6-19-17(9-16)26-12-29(19)3;1-2-5-3-4-6(5)7(8,9)10/h4-12H,1-3H3,(H,24,25,28);5-6H,2-4H2,1H3. The van der Waals surface area contributed by atoms with Crippen molar-refractivity contribution in [2.24, 2.45) is 18.9 Å². The molecule has 2 unspecified atom stereocenters. The molecule has 3 heterocycles. The quantitative estimate of drug-likeness (QED) is 0.244. The maximum atomic E-state index is 11.9. The van der Waals surface area contributed by atoms with Crippen LogP contribution in [-0.4, -0.2) is 35.7 Å². The summed E-state index contributed by atoms with van der Waals surface area (Å²) in [5.74, 6) is 1.77. The Morgan fingerprint density at radius 2 is 1.82 bits per heavy atom. The van der Waals surface area contributed by atoms with Crippen molar-refractivity contribution < 1.29 is 17.9 Å². The van der Waals surface area contributed by atoms with Gasteiger partial charge in [-0.05, 0) is 68.5 Å². The number of hydrogen-bond acceptors (Lipinski definition) is 7. The summed E-state index contributed by atoms with van der Waals surface area (Å²) in [7, 11) is 1.97. The van der Waals surface area contributed by atoms with Crippen LogP contribution in [-0.2, 0) is 7.05 Å². The summed E-state index contributed by atoms with van der Waals surface area (Å²) in [4.78, 5) is 21.6. The molecule has 1 saturated carbocycles. The lowest BCUT2D eigenvalue weighted by molar-refractivity contribution is -0.213. The molecule has 5 aromatic rings. The number of halogens is 3. The first kappa shape index (κ1) is 27.3. The second kappa shape index (κ2) is 11.1. The van der Waals surface area contributed by atoms with Gasteiger partial charge in [-0.3, -0.25) is 0 Å². The van der Waals surface area contributed by atoms with E-state index < -0.39 is 12.1 Å². The minimum absolute atomic E-state index is 0.0833. The summed E-state index contributed by atoms with van der Waals surface area (Å²) >= 11 is 0. The van der Waals surface area contributed by atoms with Gasteiger partial charge >= 0.3 is 6.18 Å². The minimum Gasteiger partial charge on any atom is -0.457 e. The fourth-order valence-corrected chi connectivity index (χ4v) is 4.81. The number of fused-ring (bicyclic) bond motifs is 2. The van der Waals surface area contributed by atoms with Gasteiger partial charge in [0.25, 0.3) is 0 Å². The highest BCUT2D eigenvalue weighted by atomic mass is 19.4. The van der Waals surface area contributed by atoms with E-state index >= 15 is 0 Å². The first-order valence-electron chi connectivity index (χ1n) is 13.1. The molecule has 1 fully saturated rings. The molecular formula is C29H30F3N7O. The summed E-state index contributed by atoms with van der Waals surface area (Å²) in [5, 5.41) is 3.32. The number of nitrogens with one attached hydrogen (secondary N) is 1. The Labute approximate surface area is 229 Å². The van der Waals surface area contributed by atoms with Gasteiger partial charge in [0, 0.05) is 18.8 Å². The van der Waals surface area contributed by atoms with E-state index in [4.69, 9.17) is 4.74 Å². The number of benzene rings is 2. The average Bonchev–Trinajstić information content (AvgIpc) is 3.25. The van der Waals surface area contributed by atoms with E-state index in [1.54, 1.807) is 12.5 Å². The van der Waals surface area contributed by atoms with Gasteiger partial charge in [-0.1, -0.05) is 13.3 Å². The average molecular weight is 550 g/mol. The molecule has 2 aromatic carbocycles. The highest BCUT2D eigenvalue weighted by Gasteiger charge is 2.48. The monoisotopic (exact) mass is 549 g/mol. The molecule has 208 valence electrons. The number of anilines is 2. The van der Waals surface area contributed by atoms with Crippen LogP contribution in [0.25, 0.3) is 22.1 Å².